The Labute approximate surface area is 76.0 Å². The fraction of sp³-hybridized carbons (Fsp3) is 0.875. The molecule has 13 heavy (non-hydrogen) atoms. The van der Waals surface area contributed by atoms with Crippen LogP contribution in [-0.2, 0) is 14.3 Å². The Morgan fingerprint density at radius 3 is 2.62 bits per heavy atom. The van der Waals surface area contributed by atoms with Crippen LogP contribution in [-0.4, -0.2) is 49.1 Å². The van der Waals surface area contributed by atoms with Gasteiger partial charge in [0.05, 0.1) is 19.6 Å². The van der Waals surface area contributed by atoms with E-state index in [-0.39, 0.29) is 12.5 Å². The normalized spacial score (nSPS) is 26.2. The second-order valence-corrected chi connectivity index (χ2v) is 3.63. The van der Waals surface area contributed by atoms with E-state index in [1.54, 1.807) is 0 Å². The van der Waals surface area contributed by atoms with Crippen LogP contribution in [0.15, 0.2) is 0 Å². The van der Waals surface area contributed by atoms with Crippen molar-refractivity contribution in [3.05, 3.63) is 0 Å². The first kappa shape index (κ1) is 8.93. The number of carboxylic acid groups (broad SMARTS) is 1. The molecule has 0 unspecified atom stereocenters. The highest BCUT2D eigenvalue weighted by atomic mass is 16.6. The molecule has 2 aliphatic heterocycles. The maximum absolute atomic E-state index is 10.6. The molecule has 0 amide bonds. The second-order valence-electron chi connectivity index (χ2n) is 3.63. The molecule has 0 aromatic rings. The van der Waals surface area contributed by atoms with Crippen molar-refractivity contribution in [2.75, 3.05) is 26.3 Å². The fourth-order valence-corrected chi connectivity index (χ4v) is 1.57. The van der Waals surface area contributed by atoms with Crippen LogP contribution in [0.25, 0.3) is 0 Å². The highest BCUT2D eigenvalue weighted by molar-refractivity contribution is 5.68. The van der Waals surface area contributed by atoms with Gasteiger partial charge in [0.1, 0.15) is 11.7 Å². The number of nitrogens with one attached hydrogen (secondary N) is 1. The van der Waals surface area contributed by atoms with Gasteiger partial charge in [-0.2, -0.15) is 0 Å². The maximum Gasteiger partial charge on any atom is 0.306 e. The predicted octanol–water partition coefficient (Wildman–Crippen LogP) is -0.781. The molecule has 0 atom stereocenters. The Kier molecular flexibility index (Phi) is 2.23. The highest BCUT2D eigenvalue weighted by Crippen LogP contribution is 2.25. The molecule has 0 aromatic heterocycles. The molecule has 2 heterocycles. The van der Waals surface area contributed by atoms with Crippen LogP contribution in [0.3, 0.4) is 0 Å². The van der Waals surface area contributed by atoms with E-state index in [2.05, 4.69) is 5.32 Å². The average molecular weight is 187 g/mol. The predicted molar refractivity (Wildman–Crippen MR) is 43.5 cm³/mol. The van der Waals surface area contributed by atoms with Crippen molar-refractivity contribution >= 4 is 5.97 Å². The van der Waals surface area contributed by atoms with Crippen molar-refractivity contribution in [2.24, 2.45) is 0 Å². The minimum atomic E-state index is -0.804. The van der Waals surface area contributed by atoms with Gasteiger partial charge in [-0.25, -0.2) is 0 Å². The molecular weight excluding hydrogens is 174 g/mol. The van der Waals surface area contributed by atoms with Gasteiger partial charge in [-0.05, 0) is 0 Å². The third-order valence-corrected chi connectivity index (χ3v) is 2.39. The Morgan fingerprint density at radius 2 is 2.31 bits per heavy atom. The fourth-order valence-electron chi connectivity index (χ4n) is 1.57. The molecule has 2 N–H and O–H groups in total. The number of aliphatic carboxylic acids is 1. The van der Waals surface area contributed by atoms with Crippen molar-refractivity contribution in [2.45, 2.75) is 18.1 Å². The Bertz CT molecular complexity index is 210. The molecule has 2 saturated heterocycles. The maximum atomic E-state index is 10.6. The molecule has 0 aromatic carbocycles. The number of hydrogen-bond acceptors (Lipinski definition) is 4. The summed E-state index contributed by atoms with van der Waals surface area (Å²) >= 11 is 0. The molecule has 0 aliphatic carbocycles. The monoisotopic (exact) mass is 187 g/mol. The van der Waals surface area contributed by atoms with Gasteiger partial charge < -0.3 is 19.9 Å². The lowest BCUT2D eigenvalue weighted by atomic mass is 9.92. The minimum Gasteiger partial charge on any atom is -0.481 e. The molecule has 2 aliphatic rings. The van der Waals surface area contributed by atoms with Gasteiger partial charge >= 0.3 is 5.97 Å². The van der Waals surface area contributed by atoms with Crippen LogP contribution < -0.4 is 5.32 Å². The first-order valence-corrected chi connectivity index (χ1v) is 4.38. The van der Waals surface area contributed by atoms with E-state index < -0.39 is 11.6 Å². The van der Waals surface area contributed by atoms with Gasteiger partial charge in [-0.1, -0.05) is 0 Å². The number of hydrogen-bond donors (Lipinski definition) is 2. The molecule has 74 valence electrons. The number of carboxylic acids is 1. The topological polar surface area (TPSA) is 67.8 Å². The van der Waals surface area contributed by atoms with E-state index >= 15 is 0 Å². The largest absolute Gasteiger partial charge is 0.481 e. The SMILES string of the molecule is O=C(O)CC1(OC2COC2)CNC1. The lowest BCUT2D eigenvalue weighted by molar-refractivity contribution is -0.211. The standard InChI is InChI=1S/C8H13NO4/c10-7(11)1-8(4-9-5-8)13-6-2-12-3-6/h6,9H,1-5H2,(H,10,11). The quantitative estimate of drug-likeness (QED) is 0.604. The van der Waals surface area contributed by atoms with E-state index in [4.69, 9.17) is 14.6 Å². The third kappa shape index (κ3) is 1.82. The van der Waals surface area contributed by atoms with Gasteiger partial charge in [0.2, 0.25) is 0 Å². The molecule has 2 rings (SSSR count). The zero-order valence-corrected chi connectivity index (χ0v) is 7.28. The van der Waals surface area contributed by atoms with Gasteiger partial charge in [-0.3, -0.25) is 4.79 Å². The third-order valence-electron chi connectivity index (χ3n) is 2.39. The van der Waals surface area contributed by atoms with E-state index in [0.717, 1.165) is 0 Å². The van der Waals surface area contributed by atoms with Gasteiger partial charge in [0.25, 0.3) is 0 Å². The average Bonchev–Trinajstić information content (AvgIpc) is 1.90. The summed E-state index contributed by atoms with van der Waals surface area (Å²) < 4.78 is 10.6. The molecule has 0 spiro atoms. The number of rotatable bonds is 4. The summed E-state index contributed by atoms with van der Waals surface area (Å²) in [5.74, 6) is -0.804. The van der Waals surface area contributed by atoms with Crippen molar-refractivity contribution in [3.8, 4) is 0 Å². The number of carbonyl (C=O) groups is 1. The van der Waals surface area contributed by atoms with Gasteiger partial charge in [0, 0.05) is 13.1 Å². The zero-order chi connectivity index (χ0) is 9.31. The summed E-state index contributed by atoms with van der Waals surface area (Å²) in [6.07, 6.45) is 0.178. The van der Waals surface area contributed by atoms with E-state index in [1.807, 2.05) is 0 Å². The minimum absolute atomic E-state index is 0.0799. The summed E-state index contributed by atoms with van der Waals surface area (Å²) in [7, 11) is 0. The molecular formula is C8H13NO4. The summed E-state index contributed by atoms with van der Waals surface area (Å²) in [6, 6.07) is 0. The number of ether oxygens (including phenoxy) is 2. The summed E-state index contributed by atoms with van der Waals surface area (Å²) in [6.45, 7) is 2.47. The molecule has 0 saturated carbocycles. The molecule has 5 nitrogen and oxygen atoms in total. The van der Waals surface area contributed by atoms with Crippen LogP contribution >= 0.6 is 0 Å². The summed E-state index contributed by atoms with van der Waals surface area (Å²) in [5, 5.41) is 11.7. The zero-order valence-electron chi connectivity index (χ0n) is 7.28. The van der Waals surface area contributed by atoms with Gasteiger partial charge in [0.15, 0.2) is 0 Å². The van der Waals surface area contributed by atoms with Crippen LogP contribution in [0.1, 0.15) is 6.42 Å². The summed E-state index contributed by atoms with van der Waals surface area (Å²) in [4.78, 5) is 10.6. The smallest absolute Gasteiger partial charge is 0.306 e. The van der Waals surface area contributed by atoms with Crippen LogP contribution in [0.2, 0.25) is 0 Å². The summed E-state index contributed by atoms with van der Waals surface area (Å²) in [5.41, 5.74) is -0.472. The Balaban J connectivity index is 1.86. The highest BCUT2D eigenvalue weighted by Gasteiger charge is 2.43. The lowest BCUT2D eigenvalue weighted by Gasteiger charge is -2.45. The molecule has 0 radical (unpaired) electrons. The van der Waals surface area contributed by atoms with Crippen molar-refractivity contribution in [1.82, 2.24) is 5.32 Å². The van der Waals surface area contributed by atoms with Crippen molar-refractivity contribution in [3.63, 3.8) is 0 Å². The van der Waals surface area contributed by atoms with Crippen LogP contribution in [0.4, 0.5) is 0 Å². The first-order chi connectivity index (χ1) is 6.20. The van der Waals surface area contributed by atoms with Crippen LogP contribution in [0.5, 0.6) is 0 Å². The van der Waals surface area contributed by atoms with E-state index in [9.17, 15) is 4.79 Å². The van der Waals surface area contributed by atoms with E-state index in [0.29, 0.717) is 26.3 Å². The second kappa shape index (κ2) is 3.25. The van der Waals surface area contributed by atoms with Crippen LogP contribution in [0, 0.1) is 0 Å². The van der Waals surface area contributed by atoms with E-state index in [1.165, 1.54) is 0 Å². The molecule has 0 bridgehead atoms. The van der Waals surface area contributed by atoms with Gasteiger partial charge in [-0.15, -0.1) is 0 Å². The Morgan fingerprint density at radius 1 is 1.62 bits per heavy atom. The lowest BCUT2D eigenvalue weighted by Crippen LogP contribution is -2.64. The molecule has 2 fully saturated rings. The van der Waals surface area contributed by atoms with Crippen molar-refractivity contribution < 1.29 is 19.4 Å². The van der Waals surface area contributed by atoms with Crippen molar-refractivity contribution in [1.29, 1.82) is 0 Å². The first-order valence-electron chi connectivity index (χ1n) is 4.38. The Hall–Kier alpha value is -0.650. The molecule has 5 heteroatoms.